The lowest BCUT2D eigenvalue weighted by Crippen LogP contribution is -2.50. The lowest BCUT2D eigenvalue weighted by atomic mass is 10.2. The molecule has 1 aromatic carbocycles. The van der Waals surface area contributed by atoms with Crippen LogP contribution in [0.25, 0.3) is 10.9 Å². The van der Waals surface area contributed by atoms with Gasteiger partial charge in [-0.1, -0.05) is 23.7 Å². The molecule has 0 spiro atoms. The fraction of sp³-hybridized carbons (Fsp3) is 0.375. The molecular formula is C16H18ClN3O2. The van der Waals surface area contributed by atoms with Gasteiger partial charge < -0.3 is 14.4 Å². The molecule has 3 rings (SSSR count). The van der Waals surface area contributed by atoms with E-state index in [0.717, 1.165) is 10.9 Å². The van der Waals surface area contributed by atoms with Gasteiger partial charge in [0.25, 0.3) is 5.91 Å². The molecule has 2 aromatic rings. The third kappa shape index (κ3) is 2.46. The summed E-state index contributed by atoms with van der Waals surface area (Å²) in [4.78, 5) is 27.7. The quantitative estimate of drug-likeness (QED) is 0.808. The van der Waals surface area contributed by atoms with Crippen LogP contribution in [-0.2, 0) is 11.8 Å². The highest BCUT2D eigenvalue weighted by Gasteiger charge is 2.25. The average molecular weight is 320 g/mol. The van der Waals surface area contributed by atoms with Gasteiger partial charge in [0.1, 0.15) is 5.69 Å². The highest BCUT2D eigenvalue weighted by molar-refractivity contribution is 6.35. The van der Waals surface area contributed by atoms with Crippen LogP contribution in [0.2, 0.25) is 5.02 Å². The van der Waals surface area contributed by atoms with Crippen molar-refractivity contribution in [3.05, 3.63) is 35.0 Å². The van der Waals surface area contributed by atoms with E-state index < -0.39 is 0 Å². The van der Waals surface area contributed by atoms with E-state index in [1.54, 1.807) is 16.7 Å². The number of carbonyl (C=O) groups excluding carboxylic acids is 2. The van der Waals surface area contributed by atoms with Crippen LogP contribution in [0.5, 0.6) is 0 Å². The lowest BCUT2D eigenvalue weighted by molar-refractivity contribution is -0.130. The molecule has 116 valence electrons. The molecule has 1 aliphatic rings. The number of rotatable bonds is 1. The first-order valence-corrected chi connectivity index (χ1v) is 7.65. The zero-order valence-corrected chi connectivity index (χ0v) is 13.4. The number of hydrogen-bond donors (Lipinski definition) is 0. The minimum absolute atomic E-state index is 0.0158. The molecule has 2 heterocycles. The van der Waals surface area contributed by atoms with Crippen molar-refractivity contribution in [3.8, 4) is 0 Å². The summed E-state index contributed by atoms with van der Waals surface area (Å²) in [6.45, 7) is 3.86. The van der Waals surface area contributed by atoms with Crippen molar-refractivity contribution >= 4 is 34.3 Å². The van der Waals surface area contributed by atoms with Crippen LogP contribution in [0.3, 0.4) is 0 Å². The number of hydrogen-bond acceptors (Lipinski definition) is 2. The third-order valence-electron chi connectivity index (χ3n) is 4.24. The first kappa shape index (κ1) is 14.9. The number of carbonyl (C=O) groups is 2. The lowest BCUT2D eigenvalue weighted by Gasteiger charge is -2.34. The molecule has 0 N–H and O–H groups in total. The zero-order valence-electron chi connectivity index (χ0n) is 12.7. The molecule has 1 fully saturated rings. The number of amides is 2. The van der Waals surface area contributed by atoms with Gasteiger partial charge in [-0.05, 0) is 12.1 Å². The Bertz CT molecular complexity index is 745. The number of para-hydroxylation sites is 1. The minimum atomic E-state index is -0.0158. The molecule has 0 radical (unpaired) electrons. The van der Waals surface area contributed by atoms with Crippen LogP contribution in [0.4, 0.5) is 0 Å². The second kappa shape index (κ2) is 5.65. The van der Waals surface area contributed by atoms with Crippen molar-refractivity contribution < 1.29 is 9.59 Å². The van der Waals surface area contributed by atoms with Gasteiger partial charge in [0.05, 0.1) is 10.5 Å². The first-order valence-electron chi connectivity index (χ1n) is 7.28. The summed E-state index contributed by atoms with van der Waals surface area (Å²) in [5, 5.41) is 1.60. The van der Waals surface area contributed by atoms with Gasteiger partial charge in [0.15, 0.2) is 0 Å². The van der Waals surface area contributed by atoms with Crippen LogP contribution in [-0.4, -0.2) is 52.4 Å². The summed E-state index contributed by atoms with van der Waals surface area (Å²) in [5.74, 6) is 0.0430. The largest absolute Gasteiger partial charge is 0.339 e. The standard InChI is InChI=1S/C16H18ClN3O2/c1-11(21)19-6-8-20(9-7-19)16(22)14-10-12-4-3-5-13(17)15(12)18(14)2/h3-5,10H,6-9H2,1-2H3. The van der Waals surface area contributed by atoms with Gasteiger partial charge in [-0.15, -0.1) is 0 Å². The van der Waals surface area contributed by atoms with Crippen LogP contribution in [0, 0.1) is 0 Å². The van der Waals surface area contributed by atoms with Crippen molar-refractivity contribution in [2.45, 2.75) is 6.92 Å². The molecule has 0 bridgehead atoms. The Kier molecular flexibility index (Phi) is 3.83. The Balaban J connectivity index is 1.86. The Hall–Kier alpha value is -2.01. The maximum atomic E-state index is 12.7. The normalized spacial score (nSPS) is 15.4. The summed E-state index contributed by atoms with van der Waals surface area (Å²) in [6.07, 6.45) is 0. The van der Waals surface area contributed by atoms with E-state index in [-0.39, 0.29) is 11.8 Å². The summed E-state index contributed by atoms with van der Waals surface area (Å²) < 4.78 is 1.84. The number of aryl methyl sites for hydroxylation is 1. The molecule has 6 heteroatoms. The molecule has 2 amide bonds. The van der Waals surface area contributed by atoms with Crippen LogP contribution in [0.15, 0.2) is 24.3 Å². The zero-order chi connectivity index (χ0) is 15.9. The highest BCUT2D eigenvalue weighted by Crippen LogP contribution is 2.26. The monoisotopic (exact) mass is 319 g/mol. The second-order valence-electron chi connectivity index (χ2n) is 5.56. The Morgan fingerprint density at radius 3 is 2.32 bits per heavy atom. The summed E-state index contributed by atoms with van der Waals surface area (Å²) in [6, 6.07) is 7.53. The number of aromatic nitrogens is 1. The molecule has 1 aliphatic heterocycles. The predicted molar refractivity (Wildman–Crippen MR) is 86.1 cm³/mol. The first-order chi connectivity index (χ1) is 10.5. The Morgan fingerprint density at radius 1 is 1.09 bits per heavy atom. The van der Waals surface area contributed by atoms with Gasteiger partial charge in [-0.2, -0.15) is 0 Å². The summed E-state index contributed by atoms with van der Waals surface area (Å²) in [5.41, 5.74) is 1.49. The SMILES string of the molecule is CC(=O)N1CCN(C(=O)c2cc3cccc(Cl)c3n2C)CC1. The van der Waals surface area contributed by atoms with E-state index in [1.807, 2.05) is 35.9 Å². The van der Waals surface area contributed by atoms with E-state index in [0.29, 0.717) is 36.9 Å². The Labute approximate surface area is 134 Å². The molecule has 1 aromatic heterocycles. The van der Waals surface area contributed by atoms with Gasteiger partial charge in [-0.25, -0.2) is 0 Å². The molecule has 5 nitrogen and oxygen atoms in total. The van der Waals surface area contributed by atoms with Gasteiger partial charge >= 0.3 is 0 Å². The highest BCUT2D eigenvalue weighted by atomic mass is 35.5. The smallest absolute Gasteiger partial charge is 0.270 e. The van der Waals surface area contributed by atoms with E-state index >= 15 is 0 Å². The predicted octanol–water partition coefficient (Wildman–Crippen LogP) is 2.14. The van der Waals surface area contributed by atoms with Crippen LogP contribution < -0.4 is 0 Å². The van der Waals surface area contributed by atoms with Crippen molar-refractivity contribution in [3.63, 3.8) is 0 Å². The maximum absolute atomic E-state index is 12.7. The molecule has 0 aliphatic carbocycles. The minimum Gasteiger partial charge on any atom is -0.339 e. The van der Waals surface area contributed by atoms with Gasteiger partial charge in [0.2, 0.25) is 5.91 Å². The molecule has 0 atom stereocenters. The fourth-order valence-corrected chi connectivity index (χ4v) is 3.27. The second-order valence-corrected chi connectivity index (χ2v) is 5.97. The van der Waals surface area contributed by atoms with E-state index in [1.165, 1.54) is 0 Å². The number of fused-ring (bicyclic) bond motifs is 1. The number of nitrogens with zero attached hydrogens (tertiary/aromatic N) is 3. The Morgan fingerprint density at radius 2 is 1.73 bits per heavy atom. The van der Waals surface area contributed by atoms with E-state index in [4.69, 9.17) is 11.6 Å². The molecule has 22 heavy (non-hydrogen) atoms. The van der Waals surface area contributed by atoms with Crippen molar-refractivity contribution in [2.24, 2.45) is 7.05 Å². The van der Waals surface area contributed by atoms with Crippen LogP contribution in [0.1, 0.15) is 17.4 Å². The average Bonchev–Trinajstić information content (AvgIpc) is 2.85. The van der Waals surface area contributed by atoms with Crippen molar-refractivity contribution in [1.82, 2.24) is 14.4 Å². The third-order valence-corrected chi connectivity index (χ3v) is 4.54. The van der Waals surface area contributed by atoms with E-state index in [9.17, 15) is 9.59 Å². The van der Waals surface area contributed by atoms with Gasteiger partial charge in [0, 0.05) is 45.5 Å². The number of piperazine rings is 1. The molecule has 0 unspecified atom stereocenters. The van der Waals surface area contributed by atoms with Gasteiger partial charge in [-0.3, -0.25) is 9.59 Å². The van der Waals surface area contributed by atoms with Crippen molar-refractivity contribution in [2.75, 3.05) is 26.2 Å². The summed E-state index contributed by atoms with van der Waals surface area (Å²) in [7, 11) is 1.85. The van der Waals surface area contributed by atoms with Crippen LogP contribution >= 0.6 is 11.6 Å². The molecule has 0 saturated carbocycles. The molecular weight excluding hydrogens is 302 g/mol. The number of halogens is 1. The maximum Gasteiger partial charge on any atom is 0.270 e. The fourth-order valence-electron chi connectivity index (χ4n) is 2.96. The van der Waals surface area contributed by atoms with E-state index in [2.05, 4.69) is 0 Å². The molecule has 1 saturated heterocycles. The number of benzene rings is 1. The topological polar surface area (TPSA) is 45.6 Å². The summed E-state index contributed by atoms with van der Waals surface area (Å²) >= 11 is 6.23. The van der Waals surface area contributed by atoms with Crippen molar-refractivity contribution in [1.29, 1.82) is 0 Å².